The number of carbonyl (C=O) groups is 3. The number of rotatable bonds is 5. The van der Waals surface area contributed by atoms with E-state index < -0.39 is 46.8 Å². The summed E-state index contributed by atoms with van der Waals surface area (Å²) < 4.78 is 21.6. The van der Waals surface area contributed by atoms with Crippen molar-refractivity contribution in [3.05, 3.63) is 0 Å². The third kappa shape index (κ3) is 5.00. The van der Waals surface area contributed by atoms with Crippen LogP contribution in [0, 0.1) is 0 Å². The molecule has 2 heterocycles. The Hall–Kier alpha value is -1.97. The minimum atomic E-state index is -0.794. The summed E-state index contributed by atoms with van der Waals surface area (Å²) in [7, 11) is 0. The van der Waals surface area contributed by atoms with Crippen LogP contribution in [0.25, 0.3) is 0 Å². The number of thioether (sulfide) groups is 1. The van der Waals surface area contributed by atoms with Crippen molar-refractivity contribution in [1.82, 2.24) is 5.32 Å². The molecule has 0 aromatic carbocycles. The van der Waals surface area contributed by atoms with Crippen molar-refractivity contribution < 1.29 is 33.3 Å². The van der Waals surface area contributed by atoms with E-state index in [4.69, 9.17) is 18.9 Å². The van der Waals surface area contributed by atoms with Crippen molar-refractivity contribution in [2.75, 3.05) is 13.2 Å². The van der Waals surface area contributed by atoms with Crippen LogP contribution >= 0.6 is 11.8 Å². The van der Waals surface area contributed by atoms with E-state index in [1.54, 1.807) is 0 Å². The second kappa shape index (κ2) is 8.41. The summed E-state index contributed by atoms with van der Waals surface area (Å²) in [5.41, 5.74) is -0.415. The van der Waals surface area contributed by atoms with Gasteiger partial charge in [-0.15, -0.1) is 11.8 Å². The van der Waals surface area contributed by atoms with Crippen LogP contribution in [0.3, 0.4) is 0 Å². The molecule has 140 valence electrons. The first-order valence-electron chi connectivity index (χ1n) is 7.92. The maximum atomic E-state index is 11.6. The van der Waals surface area contributed by atoms with Gasteiger partial charge in [0.1, 0.15) is 12.6 Å². The number of nitrogens with one attached hydrogen (secondary N) is 1. The molecule has 0 bridgehead atoms. The molecule has 2 fully saturated rings. The zero-order valence-corrected chi connectivity index (χ0v) is 15.3. The number of amidine groups is 1. The SMILES string of the molecule is CCN=C1N[C@@H]2[C@@H](OC(C)=O)[C@H](OC(C)=O)[C@@H](COC(C)=O)S[C@@H]2O1. The molecule has 0 amide bonds. The Morgan fingerprint density at radius 2 is 1.76 bits per heavy atom. The van der Waals surface area contributed by atoms with Crippen molar-refractivity contribution in [2.45, 2.75) is 56.6 Å². The maximum Gasteiger partial charge on any atom is 0.303 e. The molecule has 0 radical (unpaired) electrons. The largest absolute Gasteiger partial charge is 0.465 e. The lowest BCUT2D eigenvalue weighted by molar-refractivity contribution is -0.170. The number of aliphatic imine (C=N–C) groups is 1. The van der Waals surface area contributed by atoms with Crippen molar-refractivity contribution in [3.8, 4) is 0 Å². The molecule has 0 spiro atoms. The molecule has 2 saturated heterocycles. The number of hydrogen-bond donors (Lipinski definition) is 1. The molecule has 0 aliphatic carbocycles. The van der Waals surface area contributed by atoms with Gasteiger partial charge in [-0.25, -0.2) is 4.99 Å². The highest BCUT2D eigenvalue weighted by atomic mass is 32.2. The van der Waals surface area contributed by atoms with E-state index in [1.807, 2.05) is 6.92 Å². The fraction of sp³-hybridized carbons (Fsp3) is 0.733. The summed E-state index contributed by atoms with van der Waals surface area (Å²) in [4.78, 5) is 38.4. The van der Waals surface area contributed by atoms with Gasteiger partial charge < -0.3 is 24.3 Å². The van der Waals surface area contributed by atoms with Gasteiger partial charge in [0, 0.05) is 27.3 Å². The molecular formula is C15H22N2O7S. The summed E-state index contributed by atoms with van der Waals surface area (Å²) in [6.07, 6.45) is -1.58. The Bertz CT molecular complexity index is 568. The van der Waals surface area contributed by atoms with Gasteiger partial charge in [0.15, 0.2) is 17.6 Å². The predicted octanol–water partition coefficient (Wildman–Crippen LogP) is 0.219. The minimum absolute atomic E-state index is 0.00253. The molecule has 2 aliphatic heterocycles. The third-order valence-electron chi connectivity index (χ3n) is 3.52. The first kappa shape index (κ1) is 19.4. The van der Waals surface area contributed by atoms with E-state index in [9.17, 15) is 14.4 Å². The molecule has 0 saturated carbocycles. The number of fused-ring (bicyclic) bond motifs is 1. The van der Waals surface area contributed by atoms with Gasteiger partial charge in [0.25, 0.3) is 6.02 Å². The highest BCUT2D eigenvalue weighted by molar-refractivity contribution is 8.00. The zero-order chi connectivity index (χ0) is 18.6. The van der Waals surface area contributed by atoms with Crippen LogP contribution in [-0.4, -0.2) is 66.0 Å². The highest BCUT2D eigenvalue weighted by Crippen LogP contribution is 2.39. The van der Waals surface area contributed by atoms with Gasteiger partial charge in [0.05, 0.1) is 5.25 Å². The molecule has 0 aromatic rings. The summed E-state index contributed by atoms with van der Waals surface area (Å²) in [5, 5.41) is 2.63. The maximum absolute atomic E-state index is 11.6. The molecule has 25 heavy (non-hydrogen) atoms. The average molecular weight is 374 g/mol. The Kier molecular flexibility index (Phi) is 6.51. The van der Waals surface area contributed by atoms with E-state index >= 15 is 0 Å². The molecule has 2 aliphatic rings. The van der Waals surface area contributed by atoms with Gasteiger partial charge in [-0.3, -0.25) is 14.4 Å². The van der Waals surface area contributed by atoms with Crippen molar-refractivity contribution in [3.63, 3.8) is 0 Å². The molecule has 1 N–H and O–H groups in total. The van der Waals surface area contributed by atoms with Gasteiger partial charge in [-0.1, -0.05) is 0 Å². The van der Waals surface area contributed by atoms with Gasteiger partial charge >= 0.3 is 17.9 Å². The van der Waals surface area contributed by atoms with Gasteiger partial charge in [-0.2, -0.15) is 0 Å². The second-order valence-electron chi connectivity index (χ2n) is 5.56. The quantitative estimate of drug-likeness (QED) is 0.533. The Labute approximate surface area is 149 Å². The van der Waals surface area contributed by atoms with Crippen LogP contribution in [0.5, 0.6) is 0 Å². The lowest BCUT2D eigenvalue weighted by Gasteiger charge is -2.40. The van der Waals surface area contributed by atoms with Gasteiger partial charge in [-0.05, 0) is 6.92 Å². The molecule has 0 aromatic heterocycles. The van der Waals surface area contributed by atoms with Crippen molar-refractivity contribution in [2.24, 2.45) is 4.99 Å². The monoisotopic (exact) mass is 374 g/mol. The first-order valence-corrected chi connectivity index (χ1v) is 8.87. The summed E-state index contributed by atoms with van der Waals surface area (Å²) in [6.45, 7) is 6.23. The van der Waals surface area contributed by atoms with Crippen LogP contribution in [0.2, 0.25) is 0 Å². The van der Waals surface area contributed by atoms with Crippen LogP contribution in [-0.2, 0) is 33.3 Å². The van der Waals surface area contributed by atoms with Crippen LogP contribution in [0.1, 0.15) is 27.7 Å². The van der Waals surface area contributed by atoms with Crippen molar-refractivity contribution in [1.29, 1.82) is 0 Å². The van der Waals surface area contributed by atoms with E-state index in [2.05, 4.69) is 10.3 Å². The summed E-state index contributed by atoms with van der Waals surface area (Å²) in [6, 6.07) is -0.0889. The van der Waals surface area contributed by atoms with Crippen LogP contribution in [0.15, 0.2) is 4.99 Å². The Balaban J connectivity index is 2.27. The summed E-state index contributed by atoms with van der Waals surface area (Å²) >= 11 is 1.34. The van der Waals surface area contributed by atoms with Crippen molar-refractivity contribution >= 4 is 35.7 Å². The second-order valence-corrected chi connectivity index (χ2v) is 6.90. The number of esters is 3. The number of nitrogens with zero attached hydrogens (tertiary/aromatic N) is 1. The predicted molar refractivity (Wildman–Crippen MR) is 88.9 cm³/mol. The lowest BCUT2D eigenvalue weighted by atomic mass is 10.0. The lowest BCUT2D eigenvalue weighted by Crippen LogP contribution is -2.59. The van der Waals surface area contributed by atoms with E-state index in [0.717, 1.165) is 0 Å². The standard InChI is InChI=1S/C15H22N2O7S/c1-5-16-15-17-11-13(23-9(4)20)12(22-8(3)19)10(6-21-7(2)18)25-14(11)24-15/h10-14H,5-6H2,1-4H3,(H,16,17)/t10-,11-,12-,13-,14+/m1/s1. The van der Waals surface area contributed by atoms with Gasteiger partial charge in [0.2, 0.25) is 0 Å². The number of ether oxygens (including phenoxy) is 4. The Morgan fingerprint density at radius 1 is 1.12 bits per heavy atom. The average Bonchev–Trinajstić information content (AvgIpc) is 2.89. The van der Waals surface area contributed by atoms with E-state index in [-0.39, 0.29) is 6.61 Å². The third-order valence-corrected chi connectivity index (χ3v) is 4.93. The molecule has 9 nitrogen and oxygen atoms in total. The van der Waals surface area contributed by atoms with E-state index in [0.29, 0.717) is 12.6 Å². The molecule has 0 unspecified atom stereocenters. The van der Waals surface area contributed by atoms with Crippen LogP contribution < -0.4 is 5.32 Å². The molecular weight excluding hydrogens is 352 g/mol. The fourth-order valence-corrected chi connectivity index (χ4v) is 4.07. The zero-order valence-electron chi connectivity index (χ0n) is 14.5. The van der Waals surface area contributed by atoms with E-state index in [1.165, 1.54) is 32.5 Å². The number of carbonyl (C=O) groups excluding carboxylic acids is 3. The molecule has 10 heteroatoms. The topological polar surface area (TPSA) is 113 Å². The molecule has 5 atom stereocenters. The minimum Gasteiger partial charge on any atom is -0.465 e. The fourth-order valence-electron chi connectivity index (χ4n) is 2.67. The highest BCUT2D eigenvalue weighted by Gasteiger charge is 2.54. The first-order chi connectivity index (χ1) is 11.8. The number of hydrogen-bond acceptors (Lipinski definition) is 9. The summed E-state index contributed by atoms with van der Waals surface area (Å²) in [5.74, 6) is -1.48. The smallest absolute Gasteiger partial charge is 0.303 e. The molecule has 2 rings (SSSR count). The normalized spacial score (nSPS) is 32.2. The Morgan fingerprint density at radius 3 is 2.32 bits per heavy atom. The van der Waals surface area contributed by atoms with Crippen LogP contribution in [0.4, 0.5) is 0 Å².